The van der Waals surface area contributed by atoms with E-state index in [1.54, 1.807) is 39.0 Å². The van der Waals surface area contributed by atoms with E-state index in [4.69, 9.17) is 4.74 Å². The number of hydrogen-bond donors (Lipinski definition) is 2. The number of alkyl halides is 1. The molecule has 3 rings (SSSR count). The summed E-state index contributed by atoms with van der Waals surface area (Å²) in [5.74, 6) is -0.309. The quantitative estimate of drug-likeness (QED) is 0.716. The van der Waals surface area contributed by atoms with Gasteiger partial charge in [-0.25, -0.2) is 9.18 Å². The van der Waals surface area contributed by atoms with Crippen molar-refractivity contribution in [2.75, 3.05) is 18.4 Å². The van der Waals surface area contributed by atoms with Crippen LogP contribution in [0.4, 0.5) is 14.9 Å². The van der Waals surface area contributed by atoms with Gasteiger partial charge in [0.05, 0.1) is 5.56 Å². The minimum atomic E-state index is -1.64. The molecule has 2 aliphatic heterocycles. The van der Waals surface area contributed by atoms with Crippen molar-refractivity contribution in [3.8, 4) is 0 Å². The molecule has 2 heterocycles. The van der Waals surface area contributed by atoms with Gasteiger partial charge in [0.2, 0.25) is 0 Å². The average Bonchev–Trinajstić information content (AvgIpc) is 2.54. The molecule has 0 bridgehead atoms. The number of benzene rings is 1. The number of carbonyl (C=O) groups excluding carboxylic acids is 2. The van der Waals surface area contributed by atoms with Crippen molar-refractivity contribution < 1.29 is 18.7 Å². The maximum Gasteiger partial charge on any atom is 0.410 e. The number of halogens is 2. The molecule has 0 aromatic heterocycles. The van der Waals surface area contributed by atoms with Crippen LogP contribution in [0.5, 0.6) is 0 Å². The second kappa shape index (κ2) is 6.72. The van der Waals surface area contributed by atoms with Crippen molar-refractivity contribution in [3.05, 3.63) is 28.2 Å². The van der Waals surface area contributed by atoms with Gasteiger partial charge in [-0.2, -0.15) is 0 Å². The van der Waals surface area contributed by atoms with Gasteiger partial charge in [0.15, 0.2) is 5.67 Å². The first kappa shape index (κ1) is 18.9. The van der Waals surface area contributed by atoms with Crippen LogP contribution >= 0.6 is 15.9 Å². The fraction of sp³-hybridized carbons (Fsp3) is 0.556. The molecule has 2 amide bonds. The minimum Gasteiger partial charge on any atom is -0.444 e. The fourth-order valence-electron chi connectivity index (χ4n) is 3.17. The SMILES string of the molecule is CC(C)(C)OC(=O)N1CCC(F)(C2NC(=O)c3cc(Br)ccc3N2)CC1. The highest BCUT2D eigenvalue weighted by atomic mass is 79.9. The zero-order valence-corrected chi connectivity index (χ0v) is 16.7. The van der Waals surface area contributed by atoms with E-state index >= 15 is 4.39 Å². The Kier molecular flexibility index (Phi) is 4.90. The standard InChI is InChI=1S/C18H23BrFN3O3/c1-17(2,3)26-16(25)23-8-6-18(20,7-9-23)15-21-13-5-4-11(19)10-12(13)14(24)22-15/h4-5,10,15,21H,6-9H2,1-3H3,(H,22,24). The van der Waals surface area contributed by atoms with Gasteiger partial charge in [-0.05, 0) is 39.0 Å². The highest BCUT2D eigenvalue weighted by molar-refractivity contribution is 9.10. The van der Waals surface area contributed by atoms with Crippen molar-refractivity contribution in [3.63, 3.8) is 0 Å². The summed E-state index contributed by atoms with van der Waals surface area (Å²) in [5, 5.41) is 5.80. The van der Waals surface area contributed by atoms with E-state index < -0.39 is 23.5 Å². The monoisotopic (exact) mass is 427 g/mol. The molecule has 1 aromatic rings. The van der Waals surface area contributed by atoms with Crippen LogP contribution in [0.25, 0.3) is 0 Å². The third-order valence-electron chi connectivity index (χ3n) is 4.57. The van der Waals surface area contributed by atoms with Gasteiger partial charge in [0.25, 0.3) is 5.91 Å². The van der Waals surface area contributed by atoms with Crippen LogP contribution in [-0.2, 0) is 4.74 Å². The Balaban J connectivity index is 1.67. The van der Waals surface area contributed by atoms with Crippen LogP contribution in [0.2, 0.25) is 0 Å². The summed E-state index contributed by atoms with van der Waals surface area (Å²) in [7, 11) is 0. The number of rotatable bonds is 1. The second-order valence-corrected chi connectivity index (χ2v) is 8.66. The van der Waals surface area contributed by atoms with Crippen molar-refractivity contribution in [2.45, 2.75) is 51.0 Å². The largest absolute Gasteiger partial charge is 0.444 e. The lowest BCUT2D eigenvalue weighted by atomic mass is 9.88. The van der Waals surface area contributed by atoms with E-state index in [2.05, 4.69) is 26.6 Å². The van der Waals surface area contributed by atoms with Gasteiger partial charge in [-0.15, -0.1) is 0 Å². The summed E-state index contributed by atoms with van der Waals surface area (Å²) in [6, 6.07) is 5.26. The van der Waals surface area contributed by atoms with Gasteiger partial charge >= 0.3 is 6.09 Å². The highest BCUT2D eigenvalue weighted by Gasteiger charge is 2.46. The minimum absolute atomic E-state index is 0.121. The van der Waals surface area contributed by atoms with E-state index in [0.717, 1.165) is 4.47 Å². The number of anilines is 1. The molecule has 6 nitrogen and oxygen atoms in total. The normalized spacial score (nSPS) is 22.1. The number of likely N-dealkylation sites (tertiary alicyclic amines) is 1. The maximum absolute atomic E-state index is 15.5. The van der Waals surface area contributed by atoms with Gasteiger partial charge in [0.1, 0.15) is 11.8 Å². The summed E-state index contributed by atoms with van der Waals surface area (Å²) in [6.45, 7) is 5.88. The Morgan fingerprint density at radius 2 is 1.96 bits per heavy atom. The summed E-state index contributed by atoms with van der Waals surface area (Å²) in [5.41, 5.74) is -1.14. The first-order valence-electron chi connectivity index (χ1n) is 8.61. The number of nitrogens with one attached hydrogen (secondary N) is 2. The molecule has 1 fully saturated rings. The van der Waals surface area contributed by atoms with Gasteiger partial charge in [-0.1, -0.05) is 15.9 Å². The zero-order chi connectivity index (χ0) is 19.1. The lowest BCUT2D eigenvalue weighted by molar-refractivity contribution is -0.00425. The Morgan fingerprint density at radius 1 is 1.31 bits per heavy atom. The second-order valence-electron chi connectivity index (χ2n) is 7.74. The fourth-order valence-corrected chi connectivity index (χ4v) is 3.53. The first-order chi connectivity index (χ1) is 12.1. The molecule has 1 saturated heterocycles. The number of ether oxygens (including phenoxy) is 1. The zero-order valence-electron chi connectivity index (χ0n) is 15.1. The Morgan fingerprint density at radius 3 is 2.58 bits per heavy atom. The third-order valence-corrected chi connectivity index (χ3v) is 5.06. The smallest absolute Gasteiger partial charge is 0.410 e. The molecular formula is C18H23BrFN3O3. The molecule has 8 heteroatoms. The van der Waals surface area contributed by atoms with Gasteiger partial charge in [0, 0.05) is 36.1 Å². The van der Waals surface area contributed by atoms with Crippen LogP contribution in [0.1, 0.15) is 44.0 Å². The Bertz CT molecular complexity index is 727. The maximum atomic E-state index is 15.5. The number of nitrogens with zero attached hydrogens (tertiary/aromatic N) is 1. The lowest BCUT2D eigenvalue weighted by Crippen LogP contribution is -2.61. The number of carbonyl (C=O) groups is 2. The summed E-state index contributed by atoms with van der Waals surface area (Å²) >= 11 is 3.33. The van der Waals surface area contributed by atoms with Crippen LogP contribution in [0.3, 0.4) is 0 Å². The average molecular weight is 428 g/mol. The number of hydrogen-bond acceptors (Lipinski definition) is 4. The Hall–Kier alpha value is -1.83. The Labute approximate surface area is 160 Å². The molecule has 0 spiro atoms. The molecule has 142 valence electrons. The molecule has 2 N–H and O–H groups in total. The molecule has 0 aliphatic carbocycles. The van der Waals surface area contributed by atoms with E-state index in [1.807, 2.05) is 0 Å². The van der Waals surface area contributed by atoms with Crippen molar-refractivity contribution >= 4 is 33.6 Å². The molecule has 26 heavy (non-hydrogen) atoms. The first-order valence-corrected chi connectivity index (χ1v) is 9.40. The summed E-state index contributed by atoms with van der Waals surface area (Å²) < 4.78 is 21.6. The van der Waals surface area contributed by atoms with Crippen LogP contribution in [0, 0.1) is 0 Å². The topological polar surface area (TPSA) is 70.7 Å². The van der Waals surface area contributed by atoms with Crippen LogP contribution in [-0.4, -0.2) is 47.4 Å². The summed E-state index contributed by atoms with van der Waals surface area (Å²) in [4.78, 5) is 26.0. The van der Waals surface area contributed by atoms with Crippen molar-refractivity contribution in [1.82, 2.24) is 10.2 Å². The van der Waals surface area contributed by atoms with Gasteiger partial charge < -0.3 is 20.3 Å². The molecule has 2 aliphatic rings. The van der Waals surface area contributed by atoms with Crippen molar-refractivity contribution in [2.24, 2.45) is 0 Å². The number of amides is 2. The molecule has 1 unspecified atom stereocenters. The predicted octanol–water partition coefficient (Wildman–Crippen LogP) is 3.67. The van der Waals surface area contributed by atoms with E-state index in [0.29, 0.717) is 11.3 Å². The van der Waals surface area contributed by atoms with Crippen molar-refractivity contribution in [1.29, 1.82) is 0 Å². The van der Waals surface area contributed by atoms with E-state index in [1.165, 1.54) is 4.90 Å². The summed E-state index contributed by atoms with van der Waals surface area (Å²) in [6.07, 6.45) is -1.02. The molecule has 0 saturated carbocycles. The lowest BCUT2D eigenvalue weighted by Gasteiger charge is -2.43. The highest BCUT2D eigenvalue weighted by Crippen LogP contribution is 2.34. The van der Waals surface area contributed by atoms with E-state index in [-0.39, 0.29) is 31.8 Å². The molecule has 1 atom stereocenters. The number of fused-ring (bicyclic) bond motifs is 1. The van der Waals surface area contributed by atoms with Crippen LogP contribution in [0.15, 0.2) is 22.7 Å². The third kappa shape index (κ3) is 3.95. The molecule has 0 radical (unpaired) electrons. The predicted molar refractivity (Wildman–Crippen MR) is 99.9 cm³/mol. The van der Waals surface area contributed by atoms with E-state index in [9.17, 15) is 9.59 Å². The number of piperidine rings is 1. The van der Waals surface area contributed by atoms with Crippen LogP contribution < -0.4 is 10.6 Å². The van der Waals surface area contributed by atoms with Gasteiger partial charge in [-0.3, -0.25) is 4.79 Å². The molecular weight excluding hydrogens is 405 g/mol. The molecule has 1 aromatic carbocycles.